The summed E-state index contributed by atoms with van der Waals surface area (Å²) < 4.78 is 8.06. The summed E-state index contributed by atoms with van der Waals surface area (Å²) in [6, 6.07) is 2.07. The monoisotopic (exact) mass is 238 g/mol. The van der Waals surface area contributed by atoms with E-state index in [1.54, 1.807) is 6.20 Å². The van der Waals surface area contributed by atoms with Crippen LogP contribution in [0.5, 0.6) is 5.75 Å². The normalized spacial score (nSPS) is 25.2. The first-order valence-electron chi connectivity index (χ1n) is 5.73. The summed E-state index contributed by atoms with van der Waals surface area (Å²) in [4.78, 5) is 4.18. The number of hydrogen-bond donors (Lipinski definition) is 0. The molecular weight excluding hydrogens is 219 g/mol. The van der Waals surface area contributed by atoms with E-state index in [0.29, 0.717) is 0 Å². The molecule has 0 N–H and O–H groups in total. The lowest BCUT2D eigenvalue weighted by atomic mass is 9.91. The van der Waals surface area contributed by atoms with Crippen molar-refractivity contribution in [2.24, 2.45) is 0 Å². The van der Waals surface area contributed by atoms with Gasteiger partial charge < -0.3 is 4.74 Å². The maximum absolute atomic E-state index is 5.81. The fourth-order valence-corrected chi connectivity index (χ4v) is 2.09. The van der Waals surface area contributed by atoms with Gasteiger partial charge in [0.2, 0.25) is 0 Å². The van der Waals surface area contributed by atoms with Crippen molar-refractivity contribution in [3.8, 4) is 5.75 Å². The maximum atomic E-state index is 5.81. The molecule has 1 aliphatic heterocycles. The van der Waals surface area contributed by atoms with E-state index in [1.165, 1.54) is 12.0 Å². The molecule has 2 atom stereocenters. The maximum Gasteiger partial charge on any atom is 0.137 e. The van der Waals surface area contributed by atoms with Gasteiger partial charge in [0.05, 0.1) is 11.7 Å². The Hall–Kier alpha value is -0.660. The van der Waals surface area contributed by atoms with E-state index in [1.807, 2.05) is 6.20 Å². The average Bonchev–Trinajstić information content (AvgIpc) is 2.34. The largest absolute Gasteiger partial charge is 0.490 e. The predicted molar refractivity (Wildman–Crippen MR) is 68.5 cm³/mol. The lowest BCUT2D eigenvalue weighted by Crippen LogP contribution is -2.55. The van der Waals surface area contributed by atoms with E-state index in [-0.39, 0.29) is 5.54 Å². The molecule has 2 rings (SSSR count). The molecule has 0 aliphatic carbocycles. The number of hydrogen-bond acceptors (Lipinski definition) is 3. The van der Waals surface area contributed by atoms with Crippen LogP contribution in [0.4, 0.5) is 0 Å². The SMILES string of the molecule is CCc1cncc(OCC2(C)CCN2P)c1. The molecule has 1 aromatic heterocycles. The standard InChI is InChI=1S/C12H19N2OP/c1-3-10-6-11(8-13-7-10)15-9-12(2)4-5-14(12)16/h6-8H,3-5,9,16H2,1-2H3. The summed E-state index contributed by atoms with van der Waals surface area (Å²) in [5, 5.41) is 0. The first-order valence-corrected chi connectivity index (χ1v) is 6.25. The summed E-state index contributed by atoms with van der Waals surface area (Å²) in [5.74, 6) is 0.880. The predicted octanol–water partition coefficient (Wildman–Crippen LogP) is 2.28. The highest BCUT2D eigenvalue weighted by Gasteiger charge is 2.38. The smallest absolute Gasteiger partial charge is 0.137 e. The number of aryl methyl sites for hydroxylation is 1. The molecule has 2 heterocycles. The lowest BCUT2D eigenvalue weighted by Gasteiger charge is -2.47. The van der Waals surface area contributed by atoms with Crippen molar-refractivity contribution < 1.29 is 4.74 Å². The van der Waals surface area contributed by atoms with Crippen LogP contribution in [-0.4, -0.2) is 28.3 Å². The van der Waals surface area contributed by atoms with Gasteiger partial charge in [-0.25, -0.2) is 0 Å². The molecule has 0 aromatic carbocycles. The van der Waals surface area contributed by atoms with Crippen LogP contribution in [-0.2, 0) is 6.42 Å². The summed E-state index contributed by atoms with van der Waals surface area (Å²) in [6.07, 6.45) is 5.86. The Balaban J connectivity index is 1.94. The van der Waals surface area contributed by atoms with Crippen molar-refractivity contribution in [3.63, 3.8) is 0 Å². The third-order valence-corrected chi connectivity index (χ3v) is 4.19. The summed E-state index contributed by atoms with van der Waals surface area (Å²) in [5.41, 5.74) is 1.39. The van der Waals surface area contributed by atoms with E-state index in [9.17, 15) is 0 Å². The van der Waals surface area contributed by atoms with Crippen molar-refractivity contribution >= 4 is 9.39 Å². The Morgan fingerprint density at radius 1 is 1.56 bits per heavy atom. The molecule has 4 heteroatoms. The van der Waals surface area contributed by atoms with Gasteiger partial charge in [0.1, 0.15) is 12.4 Å². The molecule has 0 radical (unpaired) electrons. The highest BCUT2D eigenvalue weighted by Crippen LogP contribution is 2.33. The molecule has 88 valence electrons. The third-order valence-electron chi connectivity index (χ3n) is 3.31. The molecule has 0 bridgehead atoms. The van der Waals surface area contributed by atoms with Crippen LogP contribution < -0.4 is 4.74 Å². The highest BCUT2D eigenvalue weighted by atomic mass is 31.0. The molecule has 2 unspecified atom stereocenters. The molecule has 0 saturated carbocycles. The van der Waals surface area contributed by atoms with Crippen LogP contribution in [0.25, 0.3) is 0 Å². The second-order valence-corrected chi connectivity index (χ2v) is 5.23. The number of aromatic nitrogens is 1. The lowest BCUT2D eigenvalue weighted by molar-refractivity contribution is 0.0464. The minimum Gasteiger partial charge on any atom is -0.490 e. The van der Waals surface area contributed by atoms with E-state index in [0.717, 1.165) is 25.3 Å². The Morgan fingerprint density at radius 2 is 2.38 bits per heavy atom. The van der Waals surface area contributed by atoms with Gasteiger partial charge in [0.25, 0.3) is 0 Å². The van der Waals surface area contributed by atoms with Gasteiger partial charge in [-0.2, -0.15) is 0 Å². The Kier molecular flexibility index (Phi) is 3.46. The zero-order valence-corrected chi connectivity index (χ0v) is 11.1. The Labute approximate surface area is 99.5 Å². The van der Waals surface area contributed by atoms with Gasteiger partial charge in [-0.1, -0.05) is 16.3 Å². The fourth-order valence-electron chi connectivity index (χ4n) is 1.75. The Bertz CT molecular complexity index is 372. The van der Waals surface area contributed by atoms with Crippen molar-refractivity contribution in [1.82, 2.24) is 9.65 Å². The topological polar surface area (TPSA) is 25.4 Å². The van der Waals surface area contributed by atoms with Crippen LogP contribution in [0.15, 0.2) is 18.5 Å². The second-order valence-electron chi connectivity index (χ2n) is 4.61. The van der Waals surface area contributed by atoms with Gasteiger partial charge in [0.15, 0.2) is 0 Å². The fraction of sp³-hybridized carbons (Fsp3) is 0.583. The van der Waals surface area contributed by atoms with Gasteiger partial charge in [0, 0.05) is 12.7 Å². The minimum absolute atomic E-state index is 0.173. The molecular formula is C12H19N2OP. The van der Waals surface area contributed by atoms with E-state index in [4.69, 9.17) is 4.74 Å². The van der Waals surface area contributed by atoms with Crippen molar-refractivity contribution in [2.75, 3.05) is 13.2 Å². The van der Waals surface area contributed by atoms with Crippen molar-refractivity contribution in [2.45, 2.75) is 32.2 Å². The van der Waals surface area contributed by atoms with E-state index in [2.05, 4.69) is 39.0 Å². The third kappa shape index (κ3) is 2.36. The van der Waals surface area contributed by atoms with Crippen LogP contribution in [0.1, 0.15) is 25.8 Å². The molecule has 1 aromatic rings. The quantitative estimate of drug-likeness (QED) is 0.752. The summed E-state index contributed by atoms with van der Waals surface area (Å²) >= 11 is 0. The van der Waals surface area contributed by atoms with Crippen molar-refractivity contribution in [1.29, 1.82) is 0 Å². The number of nitrogens with zero attached hydrogens (tertiary/aromatic N) is 2. The number of ether oxygens (including phenoxy) is 1. The van der Waals surface area contributed by atoms with Gasteiger partial charge >= 0.3 is 0 Å². The molecule has 1 fully saturated rings. The van der Waals surface area contributed by atoms with Gasteiger partial charge in [-0.3, -0.25) is 9.65 Å². The molecule has 16 heavy (non-hydrogen) atoms. The number of rotatable bonds is 4. The van der Waals surface area contributed by atoms with Gasteiger partial charge in [-0.15, -0.1) is 0 Å². The number of pyridine rings is 1. The molecule has 0 amide bonds. The minimum atomic E-state index is 0.173. The second kappa shape index (κ2) is 4.68. The summed E-state index contributed by atoms with van der Waals surface area (Å²) in [7, 11) is 2.76. The van der Waals surface area contributed by atoms with E-state index < -0.39 is 0 Å². The molecule has 3 nitrogen and oxygen atoms in total. The average molecular weight is 238 g/mol. The zero-order valence-electron chi connectivity index (χ0n) is 9.94. The van der Waals surface area contributed by atoms with Crippen molar-refractivity contribution in [3.05, 3.63) is 24.0 Å². The van der Waals surface area contributed by atoms with Crippen LogP contribution in [0.3, 0.4) is 0 Å². The van der Waals surface area contributed by atoms with Crippen LogP contribution in [0, 0.1) is 0 Å². The van der Waals surface area contributed by atoms with Crippen LogP contribution in [0.2, 0.25) is 0 Å². The zero-order chi connectivity index (χ0) is 11.6. The van der Waals surface area contributed by atoms with Crippen LogP contribution >= 0.6 is 9.39 Å². The Morgan fingerprint density at radius 3 is 2.94 bits per heavy atom. The first-order chi connectivity index (χ1) is 7.64. The summed E-state index contributed by atoms with van der Waals surface area (Å²) in [6.45, 7) is 6.21. The van der Waals surface area contributed by atoms with Gasteiger partial charge in [-0.05, 0) is 31.4 Å². The molecule has 1 saturated heterocycles. The molecule has 1 aliphatic rings. The van der Waals surface area contributed by atoms with E-state index >= 15 is 0 Å². The molecule has 0 spiro atoms. The highest BCUT2D eigenvalue weighted by molar-refractivity contribution is 7.13. The first kappa shape index (κ1) is 11.8.